The number of aromatic amines is 1. The molecule has 6 nitrogen and oxygen atoms in total. The van der Waals surface area contributed by atoms with Crippen molar-refractivity contribution in [3.8, 4) is 0 Å². The Kier molecular flexibility index (Phi) is 5.27. The number of H-pyrrole nitrogens is 1. The lowest BCUT2D eigenvalue weighted by atomic mass is 9.79. The van der Waals surface area contributed by atoms with Crippen molar-refractivity contribution >= 4 is 22.4 Å². The smallest absolute Gasteiger partial charge is 0.230 e. The van der Waals surface area contributed by atoms with Crippen molar-refractivity contribution in [2.45, 2.75) is 38.5 Å². The Bertz CT molecular complexity index is 902. The molecule has 0 radical (unpaired) electrons. The summed E-state index contributed by atoms with van der Waals surface area (Å²) in [6.07, 6.45) is 4.83. The normalized spacial score (nSPS) is 21.7. The number of aliphatic hydroxyl groups is 2. The molecule has 2 atom stereocenters. The third kappa shape index (κ3) is 3.36. The van der Waals surface area contributed by atoms with Gasteiger partial charge in [-0.1, -0.05) is 18.2 Å². The molecule has 0 saturated heterocycles. The first-order chi connectivity index (χ1) is 13.5. The summed E-state index contributed by atoms with van der Waals surface area (Å²) in [6.45, 7) is 3.87. The number of amides is 1. The monoisotopic (exact) mass is 383 g/mol. The summed E-state index contributed by atoms with van der Waals surface area (Å²) in [6, 6.07) is 6.65. The topological polar surface area (TPSA) is 79.8 Å². The van der Waals surface area contributed by atoms with Crippen molar-refractivity contribution in [1.82, 2.24) is 14.8 Å². The molecular formula is C22H29N3O3. The summed E-state index contributed by atoms with van der Waals surface area (Å²) in [4.78, 5) is 20.7. The van der Waals surface area contributed by atoms with Crippen LogP contribution in [-0.2, 0) is 11.2 Å². The lowest BCUT2D eigenvalue weighted by Crippen LogP contribution is -2.47. The van der Waals surface area contributed by atoms with Gasteiger partial charge >= 0.3 is 0 Å². The van der Waals surface area contributed by atoms with Crippen LogP contribution in [0, 0.1) is 5.92 Å². The Morgan fingerprint density at radius 2 is 2.21 bits per heavy atom. The van der Waals surface area contributed by atoms with Crippen LogP contribution >= 0.6 is 0 Å². The molecule has 1 unspecified atom stereocenters. The van der Waals surface area contributed by atoms with Gasteiger partial charge in [-0.3, -0.25) is 9.69 Å². The molecule has 1 aliphatic heterocycles. The molecule has 2 aliphatic rings. The van der Waals surface area contributed by atoms with Gasteiger partial charge in [0, 0.05) is 42.8 Å². The van der Waals surface area contributed by atoms with Crippen LogP contribution in [0.15, 0.2) is 30.5 Å². The van der Waals surface area contributed by atoms with Crippen molar-refractivity contribution < 1.29 is 15.0 Å². The van der Waals surface area contributed by atoms with Gasteiger partial charge in [0.05, 0.1) is 5.92 Å². The summed E-state index contributed by atoms with van der Waals surface area (Å²) in [5.74, 6) is -0.0502. The highest BCUT2D eigenvalue weighted by molar-refractivity contribution is 5.99. The van der Waals surface area contributed by atoms with E-state index in [0.29, 0.717) is 32.1 Å². The van der Waals surface area contributed by atoms with E-state index in [2.05, 4.69) is 47.4 Å². The Morgan fingerprint density at radius 1 is 1.39 bits per heavy atom. The van der Waals surface area contributed by atoms with Crippen LogP contribution in [0.25, 0.3) is 16.5 Å². The maximum absolute atomic E-state index is 13.2. The van der Waals surface area contributed by atoms with Crippen molar-refractivity contribution in [3.05, 3.63) is 41.6 Å². The van der Waals surface area contributed by atoms with E-state index in [4.69, 9.17) is 10.2 Å². The van der Waals surface area contributed by atoms with Crippen LogP contribution in [0.5, 0.6) is 0 Å². The summed E-state index contributed by atoms with van der Waals surface area (Å²) in [7, 11) is 2.11. The van der Waals surface area contributed by atoms with E-state index in [1.165, 1.54) is 22.1 Å². The highest BCUT2D eigenvalue weighted by Crippen LogP contribution is 2.40. The largest absolute Gasteiger partial charge is 0.368 e. The fraction of sp³-hybridized carbons (Fsp3) is 0.500. The average molecular weight is 383 g/mol. The lowest BCUT2D eigenvalue weighted by molar-refractivity contribution is -0.135. The Hall–Kier alpha value is -2.15. The fourth-order valence-electron chi connectivity index (χ4n) is 4.73. The van der Waals surface area contributed by atoms with E-state index < -0.39 is 6.29 Å². The highest BCUT2D eigenvalue weighted by Gasteiger charge is 2.36. The molecule has 2 heterocycles. The maximum Gasteiger partial charge on any atom is 0.230 e. The molecule has 0 saturated carbocycles. The predicted molar refractivity (Wildman–Crippen MR) is 110 cm³/mol. The minimum atomic E-state index is -1.31. The molecular weight excluding hydrogens is 354 g/mol. The average Bonchev–Trinajstić information content (AvgIpc) is 3.10. The second-order valence-electron chi connectivity index (χ2n) is 7.97. The number of aromatic nitrogens is 1. The summed E-state index contributed by atoms with van der Waals surface area (Å²) >= 11 is 0. The number of carbonyl (C=O) groups excluding carboxylic acids is 1. The van der Waals surface area contributed by atoms with Crippen LogP contribution in [0.3, 0.4) is 0 Å². The zero-order valence-corrected chi connectivity index (χ0v) is 16.6. The molecule has 1 aromatic carbocycles. The molecule has 3 N–H and O–H groups in total. The lowest BCUT2D eigenvalue weighted by Gasteiger charge is -2.40. The van der Waals surface area contributed by atoms with E-state index in [-0.39, 0.29) is 18.2 Å². The number of aliphatic hydroxyl groups excluding tert-OH is 1. The summed E-state index contributed by atoms with van der Waals surface area (Å²) < 4.78 is 0. The molecule has 2 aromatic rings. The van der Waals surface area contributed by atoms with Gasteiger partial charge in [-0.25, -0.2) is 0 Å². The van der Waals surface area contributed by atoms with Crippen LogP contribution < -0.4 is 0 Å². The molecule has 0 fully saturated rings. The molecule has 0 bridgehead atoms. The number of nitrogens with one attached hydrogen (secondary N) is 1. The van der Waals surface area contributed by atoms with E-state index in [9.17, 15) is 4.79 Å². The molecule has 1 aromatic heterocycles. The maximum atomic E-state index is 13.2. The quantitative estimate of drug-likeness (QED) is 0.667. The number of likely N-dealkylation sites (N-methyl/N-ethyl adjacent to an activating group) is 1. The third-order valence-electron chi connectivity index (χ3n) is 6.17. The first-order valence-corrected chi connectivity index (χ1v) is 10.2. The number of rotatable bonds is 6. The Balaban J connectivity index is 1.62. The van der Waals surface area contributed by atoms with Crippen molar-refractivity contribution in [2.24, 2.45) is 5.92 Å². The van der Waals surface area contributed by atoms with Gasteiger partial charge in [0.25, 0.3) is 0 Å². The molecule has 1 aliphatic carbocycles. The van der Waals surface area contributed by atoms with Crippen LogP contribution in [-0.4, -0.2) is 69.9 Å². The standard InChI is InChI=1S/C22H29N3O3/c1-3-25(9-5-8-20(26)27)22(28)15-10-17-16-6-4-7-18-21(16)14(12-23-18)11-19(17)24(2)13-15/h4,6-7,10,12,15,19-20,23,26-27H,3,5,8-9,11,13H2,1-2H3/t15-,19?/m1/s1. The van der Waals surface area contributed by atoms with Crippen LogP contribution in [0.4, 0.5) is 0 Å². The minimum absolute atomic E-state index is 0.125. The zero-order chi connectivity index (χ0) is 19.8. The van der Waals surface area contributed by atoms with E-state index in [0.717, 1.165) is 11.9 Å². The SMILES string of the molecule is CCN(CCCC(O)O)C(=O)[C@@H]1C=C2c3cccc4[nH]cc(c34)CC2N(C)C1. The van der Waals surface area contributed by atoms with Crippen LogP contribution in [0.2, 0.25) is 0 Å². The van der Waals surface area contributed by atoms with Gasteiger partial charge in [-0.05, 0) is 56.0 Å². The van der Waals surface area contributed by atoms with Crippen molar-refractivity contribution in [3.63, 3.8) is 0 Å². The first-order valence-electron chi connectivity index (χ1n) is 10.2. The summed E-state index contributed by atoms with van der Waals surface area (Å²) in [5.41, 5.74) is 5.00. The minimum Gasteiger partial charge on any atom is -0.368 e. The Morgan fingerprint density at radius 3 is 2.96 bits per heavy atom. The van der Waals surface area contributed by atoms with E-state index >= 15 is 0 Å². The van der Waals surface area contributed by atoms with Gasteiger partial charge in [0.1, 0.15) is 0 Å². The van der Waals surface area contributed by atoms with E-state index in [1.54, 1.807) is 0 Å². The molecule has 4 rings (SSSR count). The molecule has 6 heteroatoms. The number of hydrogen-bond acceptors (Lipinski definition) is 4. The number of benzene rings is 1. The van der Waals surface area contributed by atoms with E-state index in [1.807, 2.05) is 11.8 Å². The molecule has 0 spiro atoms. The molecule has 1 amide bonds. The van der Waals surface area contributed by atoms with Gasteiger partial charge in [-0.15, -0.1) is 0 Å². The van der Waals surface area contributed by atoms with Gasteiger partial charge in [0.2, 0.25) is 5.91 Å². The third-order valence-corrected chi connectivity index (χ3v) is 6.17. The predicted octanol–water partition coefficient (Wildman–Crippen LogP) is 1.98. The van der Waals surface area contributed by atoms with Gasteiger partial charge in [0.15, 0.2) is 6.29 Å². The number of fused-ring (bicyclic) bond motifs is 2. The van der Waals surface area contributed by atoms with Gasteiger partial charge < -0.3 is 20.1 Å². The fourth-order valence-corrected chi connectivity index (χ4v) is 4.73. The van der Waals surface area contributed by atoms with Crippen LogP contribution in [0.1, 0.15) is 30.9 Å². The Labute approximate surface area is 165 Å². The second-order valence-corrected chi connectivity index (χ2v) is 7.97. The highest BCUT2D eigenvalue weighted by atomic mass is 16.5. The summed E-state index contributed by atoms with van der Waals surface area (Å²) in [5, 5.41) is 19.4. The number of hydrogen-bond donors (Lipinski definition) is 3. The number of carbonyl (C=O) groups is 1. The van der Waals surface area contributed by atoms with Crippen molar-refractivity contribution in [2.75, 3.05) is 26.7 Å². The first kappa shape index (κ1) is 19.2. The molecule has 28 heavy (non-hydrogen) atoms. The number of nitrogens with zero attached hydrogens (tertiary/aromatic N) is 2. The second kappa shape index (κ2) is 7.70. The zero-order valence-electron chi connectivity index (χ0n) is 16.6. The van der Waals surface area contributed by atoms with Gasteiger partial charge in [-0.2, -0.15) is 0 Å². The van der Waals surface area contributed by atoms with Crippen molar-refractivity contribution in [1.29, 1.82) is 0 Å². The molecule has 150 valence electrons.